The molecule has 0 radical (unpaired) electrons. The van der Waals surface area contributed by atoms with Crippen LogP contribution in [0.5, 0.6) is 0 Å². The van der Waals surface area contributed by atoms with Crippen LogP contribution in [-0.2, 0) is 0 Å². The molecule has 0 aliphatic heterocycles. The number of benzene rings is 8. The van der Waals surface area contributed by atoms with Gasteiger partial charge >= 0.3 is 0 Å². The summed E-state index contributed by atoms with van der Waals surface area (Å²) in [7, 11) is 0. The summed E-state index contributed by atoms with van der Waals surface area (Å²) in [6.45, 7) is 0. The van der Waals surface area contributed by atoms with E-state index < -0.39 is 0 Å². The van der Waals surface area contributed by atoms with Crippen LogP contribution in [0.4, 0.5) is 0 Å². The molecule has 0 amide bonds. The second kappa shape index (κ2) is 11.8. The first kappa shape index (κ1) is 27.9. The van der Waals surface area contributed by atoms with E-state index in [1.54, 1.807) is 0 Å². The molecule has 0 spiro atoms. The van der Waals surface area contributed by atoms with Crippen LogP contribution in [0.25, 0.3) is 88.5 Å². The fraction of sp³-hybridized carbons (Fsp3) is 0. The topological polar surface area (TPSA) is 25.8 Å². The first-order valence-corrected chi connectivity index (χ1v) is 16.3. The average Bonchev–Trinajstić information content (AvgIpc) is 3.17. The van der Waals surface area contributed by atoms with Crippen molar-refractivity contribution in [2.24, 2.45) is 0 Å². The third-order valence-electron chi connectivity index (χ3n) is 9.28. The van der Waals surface area contributed by atoms with Gasteiger partial charge in [-0.15, -0.1) is 0 Å². The molecule has 9 aromatic rings. The van der Waals surface area contributed by atoms with E-state index in [9.17, 15) is 0 Å². The summed E-state index contributed by atoms with van der Waals surface area (Å²) in [5.41, 5.74) is 9.71. The molecule has 0 saturated heterocycles. The van der Waals surface area contributed by atoms with E-state index in [0.717, 1.165) is 39.2 Å². The van der Waals surface area contributed by atoms with E-state index in [0.29, 0.717) is 5.82 Å². The lowest BCUT2D eigenvalue weighted by Gasteiger charge is -2.20. The highest BCUT2D eigenvalue weighted by Crippen LogP contribution is 2.46. The molecule has 0 unspecified atom stereocenters. The van der Waals surface area contributed by atoms with Gasteiger partial charge in [0.1, 0.15) is 0 Å². The second-order valence-corrected chi connectivity index (χ2v) is 12.1. The molecule has 2 heteroatoms. The van der Waals surface area contributed by atoms with Crippen molar-refractivity contribution < 1.29 is 0 Å². The fourth-order valence-corrected chi connectivity index (χ4v) is 7.13. The first-order chi connectivity index (χ1) is 23.8. The normalized spacial score (nSPS) is 11.3. The minimum Gasteiger partial charge on any atom is -0.228 e. The molecule has 1 heterocycles. The molecule has 0 N–H and O–H groups in total. The number of hydrogen-bond donors (Lipinski definition) is 0. The Bertz CT molecular complexity index is 2590. The number of fused-ring (bicyclic) bond motifs is 4. The fourth-order valence-electron chi connectivity index (χ4n) is 7.13. The summed E-state index contributed by atoms with van der Waals surface area (Å²) in [4.78, 5) is 10.6. The van der Waals surface area contributed by atoms with Gasteiger partial charge in [-0.1, -0.05) is 176 Å². The van der Waals surface area contributed by atoms with Gasteiger partial charge in [-0.3, -0.25) is 0 Å². The lowest BCUT2D eigenvalue weighted by Crippen LogP contribution is -1.99. The van der Waals surface area contributed by atoms with Gasteiger partial charge in [-0.25, -0.2) is 9.97 Å². The molecular formula is C46H30N2. The lowest BCUT2D eigenvalue weighted by atomic mass is 9.85. The molecule has 0 aliphatic rings. The van der Waals surface area contributed by atoms with Crippen LogP contribution >= 0.6 is 0 Å². The van der Waals surface area contributed by atoms with Gasteiger partial charge in [0.05, 0.1) is 11.4 Å². The van der Waals surface area contributed by atoms with E-state index in [2.05, 4.69) is 176 Å². The third-order valence-corrected chi connectivity index (χ3v) is 9.28. The Morgan fingerprint density at radius 2 is 0.833 bits per heavy atom. The Kier molecular flexibility index (Phi) is 6.84. The molecule has 224 valence electrons. The molecule has 0 bridgehead atoms. The van der Waals surface area contributed by atoms with Crippen LogP contribution in [-0.4, -0.2) is 9.97 Å². The molecule has 8 aromatic carbocycles. The molecule has 0 fully saturated rings. The standard InChI is InChI=1S/C46H30N2/c1-4-16-31(17-5-1)35-23-12-13-25-37(35)41-30-42(48-46(47-41)34-21-8-3-9-22-34)44-39-27-15-14-26-38(39)43(33-19-6-2-7-20-33)45-36-24-11-10-18-32(36)28-29-40(44)45/h1-30H. The number of hydrogen-bond acceptors (Lipinski definition) is 2. The van der Waals surface area contributed by atoms with Gasteiger partial charge in [0.15, 0.2) is 5.82 Å². The SMILES string of the molecule is c1ccc(-c2nc(-c3ccccc3-c3ccccc3)cc(-c3c4ccccc4c(-c4ccccc4)c4c3ccc3ccccc34)n2)cc1. The smallest absolute Gasteiger partial charge is 0.160 e. The number of nitrogens with zero attached hydrogens (tertiary/aromatic N) is 2. The molecule has 2 nitrogen and oxygen atoms in total. The predicted octanol–water partition coefficient (Wildman–Crippen LogP) is 12.3. The van der Waals surface area contributed by atoms with Gasteiger partial charge in [0.25, 0.3) is 0 Å². The Balaban J connectivity index is 1.42. The molecule has 1 aromatic heterocycles. The summed E-state index contributed by atoms with van der Waals surface area (Å²) in [5.74, 6) is 0.705. The van der Waals surface area contributed by atoms with Crippen LogP contribution in [0, 0.1) is 0 Å². The largest absolute Gasteiger partial charge is 0.228 e. The Morgan fingerprint density at radius 1 is 0.312 bits per heavy atom. The highest BCUT2D eigenvalue weighted by atomic mass is 14.9. The second-order valence-electron chi connectivity index (χ2n) is 12.1. The maximum atomic E-state index is 5.37. The van der Waals surface area contributed by atoms with Crippen molar-refractivity contribution in [2.75, 3.05) is 0 Å². The zero-order chi connectivity index (χ0) is 31.9. The van der Waals surface area contributed by atoms with Crippen molar-refractivity contribution in [1.82, 2.24) is 9.97 Å². The Morgan fingerprint density at radius 3 is 1.54 bits per heavy atom. The van der Waals surface area contributed by atoms with Crippen molar-refractivity contribution in [1.29, 1.82) is 0 Å². The van der Waals surface area contributed by atoms with E-state index in [4.69, 9.17) is 9.97 Å². The average molecular weight is 611 g/mol. The Labute approximate surface area is 279 Å². The minimum absolute atomic E-state index is 0.705. The number of rotatable bonds is 5. The number of aromatic nitrogens is 2. The first-order valence-electron chi connectivity index (χ1n) is 16.3. The maximum Gasteiger partial charge on any atom is 0.160 e. The summed E-state index contributed by atoms with van der Waals surface area (Å²) >= 11 is 0. The molecule has 0 saturated carbocycles. The van der Waals surface area contributed by atoms with E-state index >= 15 is 0 Å². The van der Waals surface area contributed by atoms with Gasteiger partial charge in [0.2, 0.25) is 0 Å². The summed E-state index contributed by atoms with van der Waals surface area (Å²) in [6.07, 6.45) is 0. The van der Waals surface area contributed by atoms with Crippen molar-refractivity contribution >= 4 is 32.3 Å². The van der Waals surface area contributed by atoms with Crippen molar-refractivity contribution in [3.8, 4) is 56.2 Å². The monoisotopic (exact) mass is 610 g/mol. The van der Waals surface area contributed by atoms with Crippen LogP contribution in [0.3, 0.4) is 0 Å². The third kappa shape index (κ3) is 4.74. The molecule has 0 aliphatic carbocycles. The molecule has 9 rings (SSSR count). The molecule has 0 atom stereocenters. The van der Waals surface area contributed by atoms with E-state index in [-0.39, 0.29) is 0 Å². The van der Waals surface area contributed by atoms with Crippen LogP contribution < -0.4 is 0 Å². The van der Waals surface area contributed by atoms with E-state index in [1.165, 1.54) is 43.4 Å². The van der Waals surface area contributed by atoms with E-state index in [1.807, 2.05) is 6.07 Å². The predicted molar refractivity (Wildman–Crippen MR) is 202 cm³/mol. The summed E-state index contributed by atoms with van der Waals surface area (Å²) in [5, 5.41) is 7.22. The zero-order valence-corrected chi connectivity index (χ0v) is 26.2. The van der Waals surface area contributed by atoms with Crippen LogP contribution in [0.1, 0.15) is 0 Å². The van der Waals surface area contributed by atoms with Crippen LogP contribution in [0.15, 0.2) is 182 Å². The quantitative estimate of drug-likeness (QED) is 0.143. The zero-order valence-electron chi connectivity index (χ0n) is 26.2. The highest BCUT2D eigenvalue weighted by Gasteiger charge is 2.21. The van der Waals surface area contributed by atoms with Crippen LogP contribution in [0.2, 0.25) is 0 Å². The molecule has 48 heavy (non-hydrogen) atoms. The maximum absolute atomic E-state index is 5.37. The van der Waals surface area contributed by atoms with Crippen molar-refractivity contribution in [2.45, 2.75) is 0 Å². The van der Waals surface area contributed by atoms with Gasteiger partial charge in [0, 0.05) is 16.7 Å². The summed E-state index contributed by atoms with van der Waals surface area (Å²) < 4.78 is 0. The van der Waals surface area contributed by atoms with Gasteiger partial charge < -0.3 is 0 Å². The highest BCUT2D eigenvalue weighted by molar-refractivity contribution is 6.27. The minimum atomic E-state index is 0.705. The van der Waals surface area contributed by atoms with Crippen molar-refractivity contribution in [3.05, 3.63) is 182 Å². The van der Waals surface area contributed by atoms with Gasteiger partial charge in [-0.05, 0) is 60.6 Å². The Hall–Kier alpha value is -6.38. The lowest BCUT2D eigenvalue weighted by molar-refractivity contribution is 1.19. The van der Waals surface area contributed by atoms with Gasteiger partial charge in [-0.2, -0.15) is 0 Å². The van der Waals surface area contributed by atoms with Crippen molar-refractivity contribution in [3.63, 3.8) is 0 Å². The molecular weight excluding hydrogens is 581 g/mol. The summed E-state index contributed by atoms with van der Waals surface area (Å²) in [6, 6.07) is 64.4.